The molecule has 35 heavy (non-hydrogen) atoms. The highest BCUT2D eigenvalue weighted by atomic mass is 79.9. The molecule has 4 aromatic rings. The number of nitrogens with one attached hydrogen (secondary N) is 2. The van der Waals surface area contributed by atoms with Crippen molar-refractivity contribution in [3.8, 4) is 11.5 Å². The zero-order chi connectivity index (χ0) is 24.9. The minimum Gasteiger partial charge on any atom is -0.497 e. The molecule has 0 radical (unpaired) electrons. The maximum Gasteiger partial charge on any atom is 0.329 e. The van der Waals surface area contributed by atoms with Gasteiger partial charge in [-0.1, -0.05) is 15.9 Å². The minimum absolute atomic E-state index is 0.0282. The molecule has 182 valence electrons. The Hall–Kier alpha value is -3.90. The summed E-state index contributed by atoms with van der Waals surface area (Å²) in [7, 11) is 3.08. The Labute approximate surface area is 207 Å². The van der Waals surface area contributed by atoms with Gasteiger partial charge in [0.2, 0.25) is 5.95 Å². The predicted octanol–water partition coefficient (Wildman–Crippen LogP) is 2.08. The van der Waals surface area contributed by atoms with Crippen molar-refractivity contribution in [3.05, 3.63) is 79.4 Å². The standard InChI is InChI=1S/C23H23BrN6O5/c1-29-20-19(21(32)27-23(29)33)30(12-16(31)13-35-18-9-5-15(24)6-10-18)22(26-20)28-25-11-14-3-7-17(34-2)8-4-14/h3-11,16,31H,12-13H2,1-2H3,(H,26,28)(H,27,32,33). The predicted molar refractivity (Wildman–Crippen MR) is 135 cm³/mol. The maximum absolute atomic E-state index is 12.6. The van der Waals surface area contributed by atoms with Crippen LogP contribution in [0.25, 0.3) is 11.2 Å². The molecule has 0 aliphatic rings. The third kappa shape index (κ3) is 5.61. The van der Waals surface area contributed by atoms with E-state index in [-0.39, 0.29) is 30.3 Å². The maximum atomic E-state index is 12.6. The topological polar surface area (TPSA) is 136 Å². The van der Waals surface area contributed by atoms with E-state index in [0.717, 1.165) is 15.8 Å². The Morgan fingerprint density at radius 2 is 1.86 bits per heavy atom. The molecule has 0 amide bonds. The molecule has 0 aliphatic carbocycles. The number of aryl methyl sites for hydroxylation is 1. The lowest BCUT2D eigenvalue weighted by Gasteiger charge is -2.15. The molecule has 0 fully saturated rings. The van der Waals surface area contributed by atoms with Crippen LogP contribution in [0.1, 0.15) is 5.56 Å². The second-order valence-corrected chi connectivity index (χ2v) is 8.51. The van der Waals surface area contributed by atoms with E-state index in [9.17, 15) is 14.7 Å². The number of imidazole rings is 1. The van der Waals surface area contributed by atoms with Crippen LogP contribution in [0.4, 0.5) is 5.95 Å². The normalized spacial score (nSPS) is 12.2. The first-order chi connectivity index (χ1) is 16.9. The lowest BCUT2D eigenvalue weighted by Crippen LogP contribution is -2.30. The van der Waals surface area contributed by atoms with Crippen LogP contribution in [0, 0.1) is 0 Å². The number of hydrogen-bond acceptors (Lipinski definition) is 8. The Kier molecular flexibility index (Phi) is 7.32. The third-order valence-corrected chi connectivity index (χ3v) is 5.68. The summed E-state index contributed by atoms with van der Waals surface area (Å²) in [6.07, 6.45) is 0.582. The molecule has 1 unspecified atom stereocenters. The number of hydrogen-bond donors (Lipinski definition) is 3. The molecular formula is C23H23BrN6O5. The van der Waals surface area contributed by atoms with E-state index < -0.39 is 17.4 Å². The van der Waals surface area contributed by atoms with Crippen molar-refractivity contribution >= 4 is 39.3 Å². The largest absolute Gasteiger partial charge is 0.497 e. The van der Waals surface area contributed by atoms with Gasteiger partial charge >= 0.3 is 5.69 Å². The SMILES string of the molecule is COc1ccc(C=NNc2nc3c(c(=O)[nH]c(=O)n3C)n2CC(O)COc2ccc(Br)cc2)cc1. The first kappa shape index (κ1) is 24.2. The molecule has 0 saturated heterocycles. The van der Waals surface area contributed by atoms with Crippen molar-refractivity contribution in [2.24, 2.45) is 12.1 Å². The van der Waals surface area contributed by atoms with E-state index in [0.29, 0.717) is 5.75 Å². The molecule has 0 bridgehead atoms. The van der Waals surface area contributed by atoms with Crippen LogP contribution in [-0.4, -0.2) is 50.2 Å². The number of ether oxygens (including phenoxy) is 2. The van der Waals surface area contributed by atoms with Crippen molar-refractivity contribution < 1.29 is 14.6 Å². The average Bonchev–Trinajstić information content (AvgIpc) is 3.21. The van der Waals surface area contributed by atoms with Gasteiger partial charge in [0.15, 0.2) is 11.2 Å². The number of nitrogens with zero attached hydrogens (tertiary/aromatic N) is 4. The van der Waals surface area contributed by atoms with E-state index in [4.69, 9.17) is 9.47 Å². The number of anilines is 1. The van der Waals surface area contributed by atoms with Crippen LogP contribution in [0.2, 0.25) is 0 Å². The van der Waals surface area contributed by atoms with Gasteiger partial charge in [-0.15, -0.1) is 0 Å². The summed E-state index contributed by atoms with van der Waals surface area (Å²) in [4.78, 5) is 31.3. The highest BCUT2D eigenvalue weighted by Gasteiger charge is 2.20. The number of benzene rings is 2. The number of halogens is 1. The Balaban J connectivity index is 1.59. The number of hydrazone groups is 1. The smallest absolute Gasteiger partial charge is 0.329 e. The summed E-state index contributed by atoms with van der Waals surface area (Å²) in [5.74, 6) is 1.49. The summed E-state index contributed by atoms with van der Waals surface area (Å²) in [5.41, 5.74) is 2.66. The van der Waals surface area contributed by atoms with Gasteiger partial charge in [0.05, 0.1) is 19.9 Å². The van der Waals surface area contributed by atoms with Crippen LogP contribution in [0.15, 0.2) is 67.7 Å². The van der Waals surface area contributed by atoms with Crippen molar-refractivity contribution in [1.29, 1.82) is 0 Å². The number of aliphatic hydroxyl groups is 1. The summed E-state index contributed by atoms with van der Waals surface area (Å²) in [6, 6.07) is 14.4. The van der Waals surface area contributed by atoms with Gasteiger partial charge in [-0.25, -0.2) is 10.2 Å². The fourth-order valence-corrected chi connectivity index (χ4v) is 3.60. The summed E-state index contributed by atoms with van der Waals surface area (Å²) in [5, 5.41) is 14.8. The minimum atomic E-state index is -0.987. The van der Waals surface area contributed by atoms with Crippen molar-refractivity contribution in [2.75, 3.05) is 19.1 Å². The van der Waals surface area contributed by atoms with Gasteiger partial charge in [-0.2, -0.15) is 10.1 Å². The fourth-order valence-electron chi connectivity index (χ4n) is 3.34. The quantitative estimate of drug-likeness (QED) is 0.217. The average molecular weight is 543 g/mol. The van der Waals surface area contributed by atoms with E-state index in [1.54, 1.807) is 37.6 Å². The molecule has 1 atom stereocenters. The zero-order valence-corrected chi connectivity index (χ0v) is 20.5. The van der Waals surface area contributed by atoms with E-state index >= 15 is 0 Å². The number of methoxy groups -OCH3 is 1. The van der Waals surface area contributed by atoms with Crippen LogP contribution >= 0.6 is 15.9 Å². The zero-order valence-electron chi connectivity index (χ0n) is 18.9. The monoisotopic (exact) mass is 542 g/mol. The summed E-state index contributed by atoms with van der Waals surface area (Å²) < 4.78 is 14.4. The van der Waals surface area contributed by atoms with Crippen LogP contribution in [0.3, 0.4) is 0 Å². The van der Waals surface area contributed by atoms with Crippen LogP contribution in [0.5, 0.6) is 11.5 Å². The van der Waals surface area contributed by atoms with E-state index in [1.807, 2.05) is 24.3 Å². The summed E-state index contributed by atoms with van der Waals surface area (Å²) in [6.45, 7) is -0.0613. The van der Waals surface area contributed by atoms with Gasteiger partial charge in [-0.05, 0) is 54.1 Å². The molecule has 3 N–H and O–H groups in total. The van der Waals surface area contributed by atoms with Crippen molar-refractivity contribution in [2.45, 2.75) is 12.6 Å². The van der Waals surface area contributed by atoms with Crippen molar-refractivity contribution in [1.82, 2.24) is 19.1 Å². The van der Waals surface area contributed by atoms with Gasteiger partial charge in [-0.3, -0.25) is 14.3 Å². The van der Waals surface area contributed by atoms with E-state index in [1.165, 1.54) is 16.2 Å². The van der Waals surface area contributed by atoms with Crippen molar-refractivity contribution in [3.63, 3.8) is 0 Å². The first-order valence-electron chi connectivity index (χ1n) is 10.5. The number of aromatic amines is 1. The Morgan fingerprint density at radius 3 is 2.54 bits per heavy atom. The van der Waals surface area contributed by atoms with Crippen LogP contribution < -0.4 is 26.1 Å². The van der Waals surface area contributed by atoms with Gasteiger partial charge in [0.1, 0.15) is 24.2 Å². The molecule has 12 heteroatoms. The third-order valence-electron chi connectivity index (χ3n) is 5.15. The molecule has 2 heterocycles. The lowest BCUT2D eigenvalue weighted by molar-refractivity contribution is 0.0938. The molecule has 2 aromatic heterocycles. The second kappa shape index (κ2) is 10.6. The lowest BCUT2D eigenvalue weighted by atomic mass is 10.2. The van der Waals surface area contributed by atoms with Gasteiger partial charge < -0.3 is 19.1 Å². The highest BCUT2D eigenvalue weighted by molar-refractivity contribution is 9.10. The van der Waals surface area contributed by atoms with Gasteiger partial charge in [0.25, 0.3) is 5.56 Å². The number of rotatable bonds is 9. The molecule has 2 aromatic carbocycles. The Morgan fingerprint density at radius 1 is 1.17 bits per heavy atom. The molecule has 0 spiro atoms. The summed E-state index contributed by atoms with van der Waals surface area (Å²) >= 11 is 3.36. The van der Waals surface area contributed by atoms with Gasteiger partial charge in [0, 0.05) is 11.5 Å². The molecule has 0 saturated carbocycles. The molecule has 4 rings (SSSR count). The molecule has 11 nitrogen and oxygen atoms in total. The Bertz CT molecular complexity index is 1460. The number of fused-ring (bicyclic) bond motifs is 1. The first-order valence-corrected chi connectivity index (χ1v) is 11.3. The second-order valence-electron chi connectivity index (χ2n) is 7.60. The number of H-pyrrole nitrogens is 1. The highest BCUT2D eigenvalue weighted by Crippen LogP contribution is 2.19. The number of aliphatic hydroxyl groups excluding tert-OH is 1. The molecular weight excluding hydrogens is 520 g/mol. The number of aromatic nitrogens is 4. The fraction of sp³-hybridized carbons (Fsp3) is 0.217. The van der Waals surface area contributed by atoms with E-state index in [2.05, 4.69) is 36.4 Å². The molecule has 0 aliphatic heterocycles. The van der Waals surface area contributed by atoms with Crippen LogP contribution in [-0.2, 0) is 13.6 Å².